The van der Waals surface area contributed by atoms with Gasteiger partial charge in [0, 0.05) is 30.2 Å². The number of anilines is 1. The summed E-state index contributed by atoms with van der Waals surface area (Å²) in [4.78, 5) is 4.61. The average Bonchev–Trinajstić information content (AvgIpc) is 3.46. The van der Waals surface area contributed by atoms with Crippen LogP contribution in [0.5, 0.6) is 5.75 Å². The number of aliphatic imine (C=N–C) groups is 1. The average molecular weight is 443 g/mol. The highest BCUT2D eigenvalue weighted by molar-refractivity contribution is 5.82. The molecule has 170 valence electrons. The van der Waals surface area contributed by atoms with Crippen LogP contribution in [0.1, 0.15) is 50.6 Å². The number of allylic oxidation sites excluding steroid dienone is 2. The number of nitrogens with one attached hydrogen (secondary N) is 1. The fraction of sp³-hybridized carbons (Fsp3) is 0.407. The van der Waals surface area contributed by atoms with Crippen LogP contribution in [0, 0.1) is 5.92 Å². The molecule has 4 heterocycles. The number of benzene rings is 1. The van der Waals surface area contributed by atoms with Crippen molar-refractivity contribution in [2.75, 3.05) is 19.5 Å². The summed E-state index contributed by atoms with van der Waals surface area (Å²) in [7, 11) is 3.82. The van der Waals surface area contributed by atoms with E-state index in [9.17, 15) is 0 Å². The molecule has 1 aromatic carbocycles. The van der Waals surface area contributed by atoms with Gasteiger partial charge in [-0.2, -0.15) is 0 Å². The maximum absolute atomic E-state index is 5.49. The van der Waals surface area contributed by atoms with Gasteiger partial charge in [-0.1, -0.05) is 11.5 Å². The second kappa shape index (κ2) is 7.73. The zero-order valence-corrected chi connectivity index (χ0v) is 19.5. The number of hydrogen-bond acceptors (Lipinski definition) is 4. The molecule has 0 saturated heterocycles. The Kier molecular flexibility index (Phi) is 4.80. The van der Waals surface area contributed by atoms with Crippen LogP contribution in [-0.2, 0) is 5.54 Å². The molecule has 33 heavy (non-hydrogen) atoms. The minimum Gasteiger partial charge on any atom is -0.497 e. The summed E-state index contributed by atoms with van der Waals surface area (Å²) in [6.07, 6.45) is 18.6. The zero-order chi connectivity index (χ0) is 22.5. The molecule has 0 radical (unpaired) electrons. The highest BCUT2D eigenvalue weighted by atomic mass is 16.5. The summed E-state index contributed by atoms with van der Waals surface area (Å²) < 4.78 is 8.33. The van der Waals surface area contributed by atoms with E-state index >= 15 is 0 Å². The molecule has 1 unspecified atom stereocenters. The van der Waals surface area contributed by atoms with E-state index in [-0.39, 0.29) is 5.54 Å². The normalized spacial score (nSPS) is 29.1. The summed E-state index contributed by atoms with van der Waals surface area (Å²) in [5.74, 6) is 2.77. The SMILES string of the molecule is COc1ccc2c(c1)NC1(CCC(CCCC3=C4N=CC=C[N+]4(C)N=C3)CC1)c1cccn1-2. The highest BCUT2D eigenvalue weighted by Crippen LogP contribution is 2.48. The maximum atomic E-state index is 5.49. The number of ether oxygens (including phenoxy) is 1. The number of fused-ring (bicyclic) bond motifs is 5. The van der Waals surface area contributed by atoms with Crippen molar-refractivity contribution >= 4 is 18.1 Å². The standard InChI is InChI=1S/C27H32N5O/c1-32-17-5-15-28-26(32)21(19-29-32)7-3-6-20-11-13-27(14-12-20)25-8-4-16-31(25)24-10-9-22(33-2)18-23(24)30-27/h4-5,8-10,15-20,30H,3,6-7,11-14H2,1-2H3/q+1. The molecule has 1 aromatic heterocycles. The van der Waals surface area contributed by atoms with E-state index in [0.717, 1.165) is 36.8 Å². The third kappa shape index (κ3) is 3.35. The molecular weight excluding hydrogens is 410 g/mol. The zero-order valence-electron chi connectivity index (χ0n) is 19.5. The van der Waals surface area contributed by atoms with Gasteiger partial charge < -0.3 is 14.6 Å². The molecule has 1 N–H and O–H groups in total. The first kappa shape index (κ1) is 20.5. The fourth-order valence-corrected chi connectivity index (χ4v) is 6.07. The second-order valence-electron chi connectivity index (χ2n) is 9.93. The summed E-state index contributed by atoms with van der Waals surface area (Å²) in [6, 6.07) is 10.8. The Balaban J connectivity index is 1.12. The van der Waals surface area contributed by atoms with Crippen molar-refractivity contribution < 1.29 is 9.33 Å². The number of quaternary nitrogens is 1. The van der Waals surface area contributed by atoms with Gasteiger partial charge in [-0.3, -0.25) is 0 Å². The van der Waals surface area contributed by atoms with Crippen molar-refractivity contribution in [3.05, 3.63) is 65.9 Å². The first-order chi connectivity index (χ1) is 16.1. The smallest absolute Gasteiger partial charge is 0.263 e. The molecule has 0 amide bonds. The summed E-state index contributed by atoms with van der Waals surface area (Å²) >= 11 is 0. The minimum atomic E-state index is 0.0184. The Labute approximate surface area is 195 Å². The molecule has 6 nitrogen and oxygen atoms in total. The number of methoxy groups -OCH3 is 1. The Morgan fingerprint density at radius 3 is 2.97 bits per heavy atom. The van der Waals surface area contributed by atoms with Gasteiger partial charge in [-0.05, 0) is 68.7 Å². The van der Waals surface area contributed by atoms with Gasteiger partial charge in [0.05, 0.1) is 35.8 Å². The number of aromatic nitrogens is 1. The molecular formula is C27H32N5O+. The van der Waals surface area contributed by atoms with E-state index < -0.39 is 0 Å². The van der Waals surface area contributed by atoms with Gasteiger partial charge in [0.1, 0.15) is 19.0 Å². The van der Waals surface area contributed by atoms with Gasteiger partial charge in [-0.25, -0.2) is 4.99 Å². The quantitative estimate of drug-likeness (QED) is 0.602. The van der Waals surface area contributed by atoms with Gasteiger partial charge in [-0.15, -0.1) is 4.59 Å². The van der Waals surface area contributed by atoms with E-state index in [2.05, 4.69) is 63.7 Å². The molecule has 1 aliphatic carbocycles. The lowest BCUT2D eigenvalue weighted by molar-refractivity contribution is -0.825. The molecule has 1 fully saturated rings. The van der Waals surface area contributed by atoms with Crippen LogP contribution < -0.4 is 10.1 Å². The highest BCUT2D eigenvalue weighted by Gasteiger charge is 2.42. The van der Waals surface area contributed by atoms with Crippen LogP contribution in [0.2, 0.25) is 0 Å². The molecule has 3 aliphatic heterocycles. The predicted octanol–water partition coefficient (Wildman–Crippen LogP) is 5.72. The van der Waals surface area contributed by atoms with Crippen LogP contribution in [0.3, 0.4) is 0 Å². The van der Waals surface area contributed by atoms with Gasteiger partial charge in [0.15, 0.2) is 0 Å². The van der Waals surface area contributed by atoms with Crippen molar-refractivity contribution in [2.24, 2.45) is 16.0 Å². The maximum Gasteiger partial charge on any atom is 0.263 e. The summed E-state index contributed by atoms with van der Waals surface area (Å²) in [6.45, 7) is 0. The summed E-state index contributed by atoms with van der Waals surface area (Å²) in [5, 5.41) is 8.59. The van der Waals surface area contributed by atoms with Crippen LogP contribution in [-0.4, -0.2) is 35.7 Å². The Morgan fingerprint density at radius 1 is 1.24 bits per heavy atom. The predicted molar refractivity (Wildman–Crippen MR) is 133 cm³/mol. The van der Waals surface area contributed by atoms with Crippen molar-refractivity contribution in [3.8, 4) is 11.4 Å². The number of nitrogens with zero attached hydrogens (tertiary/aromatic N) is 4. The van der Waals surface area contributed by atoms with Crippen LogP contribution in [0.25, 0.3) is 5.69 Å². The lowest BCUT2D eigenvalue weighted by Gasteiger charge is -2.45. The lowest BCUT2D eigenvalue weighted by atomic mass is 9.72. The third-order valence-electron chi connectivity index (χ3n) is 7.92. The number of rotatable bonds is 5. The molecule has 6 rings (SSSR count). The molecule has 4 aliphatic rings. The molecule has 0 bridgehead atoms. The molecule has 2 aromatic rings. The summed E-state index contributed by atoms with van der Waals surface area (Å²) in [5.41, 5.74) is 5.09. The topological polar surface area (TPSA) is 50.9 Å². The molecule has 1 atom stereocenters. The Bertz CT molecular complexity index is 1190. The van der Waals surface area contributed by atoms with E-state index in [4.69, 9.17) is 4.74 Å². The van der Waals surface area contributed by atoms with Crippen molar-refractivity contribution in [3.63, 3.8) is 0 Å². The van der Waals surface area contributed by atoms with E-state index in [0.29, 0.717) is 4.59 Å². The monoisotopic (exact) mass is 442 g/mol. The molecule has 6 heteroatoms. The minimum absolute atomic E-state index is 0.0184. The van der Waals surface area contributed by atoms with Gasteiger partial charge >= 0.3 is 0 Å². The van der Waals surface area contributed by atoms with Gasteiger partial charge in [0.25, 0.3) is 5.82 Å². The fourth-order valence-electron chi connectivity index (χ4n) is 6.07. The van der Waals surface area contributed by atoms with Gasteiger partial charge in [0.2, 0.25) is 0 Å². The Morgan fingerprint density at radius 2 is 2.12 bits per heavy atom. The van der Waals surface area contributed by atoms with Crippen molar-refractivity contribution in [2.45, 2.75) is 50.5 Å². The van der Waals surface area contributed by atoms with Crippen LogP contribution >= 0.6 is 0 Å². The van der Waals surface area contributed by atoms with Crippen molar-refractivity contribution in [1.29, 1.82) is 0 Å². The van der Waals surface area contributed by atoms with Crippen LogP contribution in [0.4, 0.5) is 5.69 Å². The van der Waals surface area contributed by atoms with E-state index in [1.165, 1.54) is 48.3 Å². The number of hydrogen-bond donors (Lipinski definition) is 1. The van der Waals surface area contributed by atoms with E-state index in [1.807, 2.05) is 24.6 Å². The first-order valence-corrected chi connectivity index (χ1v) is 12.1. The second-order valence-corrected chi connectivity index (χ2v) is 9.93. The van der Waals surface area contributed by atoms with Crippen LogP contribution in [0.15, 0.2) is 70.3 Å². The molecule has 1 saturated carbocycles. The lowest BCUT2D eigenvalue weighted by Crippen LogP contribution is -2.43. The largest absolute Gasteiger partial charge is 0.497 e. The first-order valence-electron chi connectivity index (χ1n) is 12.1. The van der Waals surface area contributed by atoms with E-state index in [1.54, 1.807) is 7.11 Å². The molecule has 1 spiro atoms. The van der Waals surface area contributed by atoms with Crippen molar-refractivity contribution in [1.82, 2.24) is 4.57 Å². The third-order valence-corrected chi connectivity index (χ3v) is 7.92. The Hall–Kier alpha value is -3.12.